The molecule has 1 heterocycles. The van der Waals surface area contributed by atoms with Crippen LogP contribution in [0.5, 0.6) is 0 Å². The van der Waals surface area contributed by atoms with Gasteiger partial charge in [-0.3, -0.25) is 14.9 Å². The van der Waals surface area contributed by atoms with Gasteiger partial charge < -0.3 is 11.1 Å². The molecule has 0 spiro atoms. The van der Waals surface area contributed by atoms with Crippen molar-refractivity contribution in [2.45, 2.75) is 13.5 Å². The summed E-state index contributed by atoms with van der Waals surface area (Å²) in [5.41, 5.74) is 6.70. The molecule has 0 unspecified atom stereocenters. The van der Waals surface area contributed by atoms with E-state index in [0.29, 0.717) is 16.3 Å². The van der Waals surface area contributed by atoms with E-state index in [1.807, 2.05) is 0 Å². The highest BCUT2D eigenvalue weighted by Gasteiger charge is 2.13. The first-order valence-corrected chi connectivity index (χ1v) is 6.60. The lowest BCUT2D eigenvalue weighted by Crippen LogP contribution is -2.13. The zero-order chi connectivity index (χ0) is 14.7. The maximum atomic E-state index is 11.9. The van der Waals surface area contributed by atoms with Crippen molar-refractivity contribution < 1.29 is 9.72 Å². The number of aryl methyl sites for hydroxylation is 1. The Bertz CT molecular complexity index is 668. The predicted molar refractivity (Wildman–Crippen MR) is 75.8 cm³/mol. The van der Waals surface area contributed by atoms with E-state index < -0.39 is 4.92 Å². The molecular formula is C12H12N4O3S. The molecule has 0 aliphatic rings. The van der Waals surface area contributed by atoms with Crippen molar-refractivity contribution in [3.8, 4) is 0 Å². The molecule has 0 bridgehead atoms. The molecule has 0 atom stereocenters. The molecule has 3 N–H and O–H groups in total. The summed E-state index contributed by atoms with van der Waals surface area (Å²) in [7, 11) is 0. The Balaban J connectivity index is 2.15. The summed E-state index contributed by atoms with van der Waals surface area (Å²) in [4.78, 5) is 26.2. The molecule has 0 aliphatic carbocycles. The van der Waals surface area contributed by atoms with E-state index in [-0.39, 0.29) is 23.8 Å². The van der Waals surface area contributed by atoms with Crippen LogP contribution in [-0.2, 0) is 6.54 Å². The van der Waals surface area contributed by atoms with Crippen molar-refractivity contribution in [1.29, 1.82) is 0 Å². The number of benzene rings is 1. The van der Waals surface area contributed by atoms with E-state index in [9.17, 15) is 14.9 Å². The summed E-state index contributed by atoms with van der Waals surface area (Å²) >= 11 is 1.31. The Morgan fingerprint density at radius 1 is 1.55 bits per heavy atom. The van der Waals surface area contributed by atoms with Crippen LogP contribution >= 0.6 is 11.3 Å². The second-order valence-corrected chi connectivity index (χ2v) is 4.99. The molecule has 8 heteroatoms. The minimum absolute atomic E-state index is 0.0158. The molecule has 0 aliphatic heterocycles. The molecule has 0 saturated heterocycles. The summed E-state index contributed by atoms with van der Waals surface area (Å²) in [5.74, 6) is -0.366. The Morgan fingerprint density at radius 2 is 2.30 bits per heavy atom. The highest BCUT2D eigenvalue weighted by molar-refractivity contribution is 7.09. The molecule has 1 amide bonds. The van der Waals surface area contributed by atoms with Gasteiger partial charge in [0.1, 0.15) is 10.7 Å². The third kappa shape index (κ3) is 2.98. The van der Waals surface area contributed by atoms with E-state index in [1.165, 1.54) is 23.5 Å². The Labute approximate surface area is 118 Å². The number of thiazole rings is 1. The Hall–Kier alpha value is -2.32. The van der Waals surface area contributed by atoms with Crippen LogP contribution in [0.3, 0.4) is 0 Å². The van der Waals surface area contributed by atoms with Crippen LogP contribution in [-0.4, -0.2) is 15.8 Å². The molecule has 20 heavy (non-hydrogen) atoms. The summed E-state index contributed by atoms with van der Waals surface area (Å²) < 4.78 is 0. The number of carbonyl (C=O) groups is 1. The quantitative estimate of drug-likeness (QED) is 0.662. The summed E-state index contributed by atoms with van der Waals surface area (Å²) in [6.45, 7) is 1.90. The van der Waals surface area contributed by atoms with E-state index in [2.05, 4.69) is 10.3 Å². The van der Waals surface area contributed by atoms with Crippen LogP contribution in [0.25, 0.3) is 0 Å². The van der Waals surface area contributed by atoms with Crippen molar-refractivity contribution in [2.75, 3.05) is 5.32 Å². The van der Waals surface area contributed by atoms with Gasteiger partial charge in [0.2, 0.25) is 0 Å². The molecule has 2 aromatic rings. The number of nitrogens with two attached hydrogens (primary N) is 1. The Kier molecular flexibility index (Phi) is 4.06. The molecule has 1 aromatic heterocycles. The SMILES string of the molecule is Cc1cc(NC(=O)c2csc(CN)n2)ccc1[N+](=O)[O-]. The van der Waals surface area contributed by atoms with Gasteiger partial charge in [0.25, 0.3) is 11.6 Å². The van der Waals surface area contributed by atoms with Crippen LogP contribution in [0.15, 0.2) is 23.6 Å². The molecule has 104 valence electrons. The average molecular weight is 292 g/mol. The number of anilines is 1. The maximum Gasteiger partial charge on any atom is 0.275 e. The number of carbonyl (C=O) groups excluding carboxylic acids is 1. The minimum Gasteiger partial charge on any atom is -0.325 e. The molecule has 0 radical (unpaired) electrons. The third-order valence-electron chi connectivity index (χ3n) is 2.61. The Morgan fingerprint density at radius 3 is 2.85 bits per heavy atom. The largest absolute Gasteiger partial charge is 0.325 e. The normalized spacial score (nSPS) is 10.3. The van der Waals surface area contributed by atoms with E-state index >= 15 is 0 Å². The fourth-order valence-electron chi connectivity index (χ4n) is 1.64. The summed E-state index contributed by atoms with van der Waals surface area (Å²) in [6.07, 6.45) is 0. The number of nitro groups is 1. The average Bonchev–Trinajstić information content (AvgIpc) is 2.87. The minimum atomic E-state index is -0.463. The zero-order valence-electron chi connectivity index (χ0n) is 10.6. The fraction of sp³-hybridized carbons (Fsp3) is 0.167. The van der Waals surface area contributed by atoms with Gasteiger partial charge in [-0.15, -0.1) is 11.3 Å². The number of hydrogen-bond donors (Lipinski definition) is 2. The molecule has 7 nitrogen and oxygen atoms in total. The maximum absolute atomic E-state index is 11.9. The first kappa shape index (κ1) is 14.1. The van der Waals surface area contributed by atoms with Gasteiger partial charge >= 0.3 is 0 Å². The number of amides is 1. The van der Waals surface area contributed by atoms with Crippen LogP contribution in [0.1, 0.15) is 21.1 Å². The highest BCUT2D eigenvalue weighted by atomic mass is 32.1. The van der Waals surface area contributed by atoms with E-state index in [1.54, 1.807) is 18.4 Å². The van der Waals surface area contributed by atoms with Gasteiger partial charge in [-0.25, -0.2) is 4.98 Å². The number of nitrogens with one attached hydrogen (secondary N) is 1. The van der Waals surface area contributed by atoms with Gasteiger partial charge in [0.05, 0.1) is 4.92 Å². The number of hydrogen-bond acceptors (Lipinski definition) is 6. The first-order chi connectivity index (χ1) is 9.51. The standard InChI is InChI=1S/C12H12N4O3S/c1-7-4-8(2-3-10(7)16(18)19)14-12(17)9-6-20-11(5-13)15-9/h2-4,6H,5,13H2,1H3,(H,14,17). The number of nitro benzene ring substituents is 1. The number of nitrogens with zero attached hydrogens (tertiary/aromatic N) is 2. The van der Waals surface area contributed by atoms with Crippen molar-refractivity contribution >= 4 is 28.6 Å². The van der Waals surface area contributed by atoms with Gasteiger partial charge in [-0.05, 0) is 19.1 Å². The van der Waals surface area contributed by atoms with Crippen molar-refractivity contribution in [3.63, 3.8) is 0 Å². The molecule has 0 saturated carbocycles. The zero-order valence-corrected chi connectivity index (χ0v) is 11.4. The molecule has 0 fully saturated rings. The van der Waals surface area contributed by atoms with Gasteiger partial charge in [0, 0.05) is 29.2 Å². The lowest BCUT2D eigenvalue weighted by atomic mass is 10.2. The van der Waals surface area contributed by atoms with E-state index in [4.69, 9.17) is 5.73 Å². The second kappa shape index (κ2) is 5.76. The van der Waals surface area contributed by atoms with Gasteiger partial charge in [-0.2, -0.15) is 0 Å². The van der Waals surface area contributed by atoms with Gasteiger partial charge in [-0.1, -0.05) is 0 Å². The van der Waals surface area contributed by atoms with Crippen molar-refractivity contribution in [3.05, 3.63) is 50.0 Å². The molecule has 1 aromatic carbocycles. The van der Waals surface area contributed by atoms with E-state index in [0.717, 1.165) is 0 Å². The highest BCUT2D eigenvalue weighted by Crippen LogP contribution is 2.22. The van der Waals surface area contributed by atoms with Crippen molar-refractivity contribution in [1.82, 2.24) is 4.98 Å². The van der Waals surface area contributed by atoms with Crippen LogP contribution < -0.4 is 11.1 Å². The third-order valence-corrected chi connectivity index (χ3v) is 3.48. The molecular weight excluding hydrogens is 280 g/mol. The summed E-state index contributed by atoms with van der Waals surface area (Å²) in [5, 5.41) is 15.7. The topological polar surface area (TPSA) is 111 Å². The van der Waals surface area contributed by atoms with Crippen molar-refractivity contribution in [2.24, 2.45) is 5.73 Å². The van der Waals surface area contributed by atoms with Crippen LogP contribution in [0.4, 0.5) is 11.4 Å². The fourth-order valence-corrected chi connectivity index (χ4v) is 2.30. The number of aromatic nitrogens is 1. The first-order valence-electron chi connectivity index (χ1n) is 5.72. The lowest BCUT2D eigenvalue weighted by molar-refractivity contribution is -0.385. The lowest BCUT2D eigenvalue weighted by Gasteiger charge is -2.04. The van der Waals surface area contributed by atoms with Crippen LogP contribution in [0, 0.1) is 17.0 Å². The monoisotopic (exact) mass is 292 g/mol. The van der Waals surface area contributed by atoms with Gasteiger partial charge in [0.15, 0.2) is 0 Å². The second-order valence-electron chi connectivity index (χ2n) is 4.04. The smallest absolute Gasteiger partial charge is 0.275 e. The molecule has 2 rings (SSSR count). The van der Waals surface area contributed by atoms with Crippen LogP contribution in [0.2, 0.25) is 0 Å². The predicted octanol–water partition coefficient (Wildman–Crippen LogP) is 2.07. The number of rotatable bonds is 4. The summed E-state index contributed by atoms with van der Waals surface area (Å²) in [6, 6.07) is 4.39.